The SMILES string of the molecule is CCCCOc1ccc(/C=C2\CCCN=C2c2cccnc2)cc1.Cl.Cl. The first kappa shape index (κ1) is 22.2. The van der Waals surface area contributed by atoms with E-state index in [0.717, 1.165) is 55.9 Å². The topological polar surface area (TPSA) is 34.5 Å². The molecule has 1 aliphatic heterocycles. The number of allylic oxidation sites excluding steroid dienone is 1. The molecule has 0 spiro atoms. The van der Waals surface area contributed by atoms with Crippen LogP contribution in [0.4, 0.5) is 0 Å². The fourth-order valence-electron chi connectivity index (χ4n) is 2.80. The van der Waals surface area contributed by atoms with Crippen molar-refractivity contribution in [2.24, 2.45) is 4.99 Å². The lowest BCUT2D eigenvalue weighted by Gasteiger charge is -2.16. The summed E-state index contributed by atoms with van der Waals surface area (Å²) in [6, 6.07) is 12.4. The predicted molar refractivity (Wildman–Crippen MR) is 114 cm³/mol. The number of unbranched alkanes of at least 4 members (excludes halogenated alkanes) is 1. The Morgan fingerprint density at radius 1 is 1.12 bits per heavy atom. The number of aromatic nitrogens is 1. The second kappa shape index (κ2) is 11.7. The van der Waals surface area contributed by atoms with Gasteiger partial charge in [0.15, 0.2) is 0 Å². The third kappa shape index (κ3) is 6.15. The summed E-state index contributed by atoms with van der Waals surface area (Å²) in [6.45, 7) is 3.85. The maximum absolute atomic E-state index is 5.73. The molecule has 0 radical (unpaired) electrons. The van der Waals surface area contributed by atoms with Crippen LogP contribution in [0.2, 0.25) is 0 Å². The Morgan fingerprint density at radius 2 is 1.92 bits per heavy atom. The molecule has 3 rings (SSSR count). The van der Waals surface area contributed by atoms with Gasteiger partial charge in [-0.05, 0) is 60.7 Å². The van der Waals surface area contributed by atoms with E-state index in [-0.39, 0.29) is 24.8 Å². The molecular weight excluding hydrogens is 367 g/mol. The minimum absolute atomic E-state index is 0. The van der Waals surface area contributed by atoms with E-state index in [9.17, 15) is 0 Å². The molecule has 0 aliphatic carbocycles. The minimum atomic E-state index is 0. The van der Waals surface area contributed by atoms with Crippen LogP contribution < -0.4 is 4.74 Å². The summed E-state index contributed by atoms with van der Waals surface area (Å²) in [5, 5.41) is 0. The van der Waals surface area contributed by atoms with E-state index < -0.39 is 0 Å². The number of hydrogen-bond acceptors (Lipinski definition) is 3. The molecule has 0 N–H and O–H groups in total. The molecule has 1 aliphatic rings. The van der Waals surface area contributed by atoms with Gasteiger partial charge in [-0.1, -0.05) is 25.5 Å². The van der Waals surface area contributed by atoms with Crippen LogP contribution in [0.25, 0.3) is 6.08 Å². The highest BCUT2D eigenvalue weighted by Crippen LogP contribution is 2.23. The number of ether oxygens (including phenoxy) is 1. The van der Waals surface area contributed by atoms with E-state index in [1.165, 1.54) is 11.1 Å². The minimum Gasteiger partial charge on any atom is -0.494 e. The number of nitrogens with zero attached hydrogens (tertiary/aromatic N) is 2. The van der Waals surface area contributed by atoms with E-state index in [1.54, 1.807) is 6.20 Å². The van der Waals surface area contributed by atoms with Crippen molar-refractivity contribution in [1.29, 1.82) is 0 Å². The summed E-state index contributed by atoms with van der Waals surface area (Å²) in [6.07, 6.45) is 10.3. The molecule has 0 bridgehead atoms. The summed E-state index contributed by atoms with van der Waals surface area (Å²) >= 11 is 0. The van der Waals surface area contributed by atoms with Gasteiger partial charge in [0, 0.05) is 24.5 Å². The number of hydrogen-bond donors (Lipinski definition) is 0. The lowest BCUT2D eigenvalue weighted by molar-refractivity contribution is 0.309. The summed E-state index contributed by atoms with van der Waals surface area (Å²) in [5.41, 5.74) is 4.65. The van der Waals surface area contributed by atoms with Crippen molar-refractivity contribution in [3.05, 3.63) is 65.5 Å². The molecule has 0 atom stereocenters. The Hall–Kier alpha value is -1.84. The summed E-state index contributed by atoms with van der Waals surface area (Å²) < 4.78 is 5.73. The van der Waals surface area contributed by atoms with Crippen molar-refractivity contribution in [3.8, 4) is 5.75 Å². The Balaban J connectivity index is 0.00000169. The van der Waals surface area contributed by atoms with Gasteiger partial charge in [-0.15, -0.1) is 24.8 Å². The van der Waals surface area contributed by atoms with Gasteiger partial charge < -0.3 is 4.74 Å². The number of pyridine rings is 1. The summed E-state index contributed by atoms with van der Waals surface area (Å²) in [5.74, 6) is 0.940. The first-order chi connectivity index (χ1) is 11.9. The van der Waals surface area contributed by atoms with E-state index in [0.29, 0.717) is 0 Å². The normalized spacial score (nSPS) is 14.8. The molecule has 2 aromatic rings. The summed E-state index contributed by atoms with van der Waals surface area (Å²) in [4.78, 5) is 8.95. The smallest absolute Gasteiger partial charge is 0.119 e. The number of rotatable bonds is 6. The largest absolute Gasteiger partial charge is 0.494 e. The van der Waals surface area contributed by atoms with Crippen molar-refractivity contribution in [2.75, 3.05) is 13.2 Å². The van der Waals surface area contributed by atoms with Gasteiger partial charge >= 0.3 is 0 Å². The van der Waals surface area contributed by atoms with Crippen LogP contribution in [-0.2, 0) is 0 Å². The Bertz CT molecular complexity index is 713. The van der Waals surface area contributed by atoms with Crippen LogP contribution in [0.5, 0.6) is 5.75 Å². The van der Waals surface area contributed by atoms with Gasteiger partial charge in [0.05, 0.1) is 12.3 Å². The second-order valence-corrected chi connectivity index (χ2v) is 6.02. The predicted octanol–water partition coefficient (Wildman–Crippen LogP) is 5.77. The molecule has 0 unspecified atom stereocenters. The Kier molecular flexibility index (Phi) is 10.0. The zero-order valence-corrected chi connectivity index (χ0v) is 16.7. The molecule has 140 valence electrons. The zero-order chi connectivity index (χ0) is 16.6. The van der Waals surface area contributed by atoms with Crippen molar-refractivity contribution in [1.82, 2.24) is 4.98 Å². The van der Waals surface area contributed by atoms with E-state index in [1.807, 2.05) is 24.4 Å². The fraction of sp³-hybridized carbons (Fsp3) is 0.333. The van der Waals surface area contributed by atoms with Gasteiger partial charge in [-0.2, -0.15) is 0 Å². The number of aliphatic imine (C=N–C) groups is 1. The fourth-order valence-corrected chi connectivity index (χ4v) is 2.80. The molecule has 26 heavy (non-hydrogen) atoms. The molecule has 1 aromatic heterocycles. The molecule has 3 nitrogen and oxygen atoms in total. The molecule has 0 saturated heterocycles. The highest BCUT2D eigenvalue weighted by Gasteiger charge is 2.14. The highest BCUT2D eigenvalue weighted by atomic mass is 35.5. The van der Waals surface area contributed by atoms with Gasteiger partial charge in [0.1, 0.15) is 5.75 Å². The van der Waals surface area contributed by atoms with Crippen LogP contribution in [-0.4, -0.2) is 23.8 Å². The van der Waals surface area contributed by atoms with Crippen LogP contribution in [0.1, 0.15) is 43.7 Å². The number of halogens is 2. The van der Waals surface area contributed by atoms with Crippen LogP contribution >= 0.6 is 24.8 Å². The van der Waals surface area contributed by atoms with Crippen LogP contribution in [0.15, 0.2) is 59.4 Å². The Morgan fingerprint density at radius 3 is 2.62 bits per heavy atom. The van der Waals surface area contributed by atoms with Crippen molar-refractivity contribution in [3.63, 3.8) is 0 Å². The quantitative estimate of drug-likeness (QED) is 0.584. The first-order valence-corrected chi connectivity index (χ1v) is 8.75. The first-order valence-electron chi connectivity index (χ1n) is 8.75. The maximum atomic E-state index is 5.73. The average Bonchev–Trinajstić information content (AvgIpc) is 2.65. The average molecular weight is 393 g/mol. The molecule has 5 heteroatoms. The van der Waals surface area contributed by atoms with Crippen molar-refractivity contribution in [2.45, 2.75) is 32.6 Å². The molecule has 0 fully saturated rings. The monoisotopic (exact) mass is 392 g/mol. The zero-order valence-electron chi connectivity index (χ0n) is 15.1. The lowest BCUT2D eigenvalue weighted by Crippen LogP contribution is -2.11. The Labute approximate surface area is 168 Å². The van der Waals surface area contributed by atoms with Gasteiger partial charge in [-0.25, -0.2) is 0 Å². The molecule has 0 amide bonds. The second-order valence-electron chi connectivity index (χ2n) is 6.02. The van der Waals surface area contributed by atoms with Gasteiger partial charge in [0.2, 0.25) is 0 Å². The van der Waals surface area contributed by atoms with Crippen molar-refractivity contribution >= 4 is 36.6 Å². The standard InChI is InChI=1S/C21H24N2O.2ClH/c1-2-3-14-24-20-10-8-17(9-11-20)15-18-6-5-13-23-21(18)19-7-4-12-22-16-19;;/h4,7-12,15-16H,2-3,5-6,13-14H2,1H3;2*1H/b18-15+;;. The molecular formula is C21H26Cl2N2O. The van der Waals surface area contributed by atoms with Crippen LogP contribution in [0.3, 0.4) is 0 Å². The lowest BCUT2D eigenvalue weighted by atomic mass is 9.95. The molecule has 0 saturated carbocycles. The van der Waals surface area contributed by atoms with E-state index in [4.69, 9.17) is 9.73 Å². The number of benzene rings is 1. The maximum Gasteiger partial charge on any atom is 0.119 e. The van der Waals surface area contributed by atoms with Crippen molar-refractivity contribution < 1.29 is 4.74 Å². The third-order valence-electron chi connectivity index (χ3n) is 4.10. The third-order valence-corrected chi connectivity index (χ3v) is 4.10. The van der Waals surface area contributed by atoms with E-state index >= 15 is 0 Å². The molecule has 2 heterocycles. The molecule has 1 aromatic carbocycles. The summed E-state index contributed by atoms with van der Waals surface area (Å²) in [7, 11) is 0. The van der Waals surface area contributed by atoms with Gasteiger partial charge in [-0.3, -0.25) is 9.98 Å². The van der Waals surface area contributed by atoms with Gasteiger partial charge in [0.25, 0.3) is 0 Å². The highest BCUT2D eigenvalue weighted by molar-refractivity contribution is 6.15. The van der Waals surface area contributed by atoms with E-state index in [2.05, 4.69) is 36.2 Å². The van der Waals surface area contributed by atoms with Crippen LogP contribution in [0, 0.1) is 0 Å².